The zero-order valence-electron chi connectivity index (χ0n) is 15.5. The van der Waals surface area contributed by atoms with Crippen molar-refractivity contribution in [3.05, 3.63) is 28.2 Å². The van der Waals surface area contributed by atoms with Crippen LogP contribution in [0, 0.1) is 0 Å². The van der Waals surface area contributed by atoms with E-state index in [0.29, 0.717) is 13.0 Å². The van der Waals surface area contributed by atoms with Crippen LogP contribution in [-0.4, -0.2) is 47.5 Å². The molecule has 4 N–H and O–H groups in total. The lowest BCUT2D eigenvalue weighted by Gasteiger charge is -2.13. The highest BCUT2D eigenvalue weighted by Gasteiger charge is 2.16. The number of aromatic nitrogens is 1. The highest BCUT2D eigenvalue weighted by molar-refractivity contribution is 5.94. The Morgan fingerprint density at radius 3 is 2.56 bits per heavy atom. The molecule has 150 valence electrons. The number of rotatable bonds is 12. The molecular formula is C18H27N3O6. The maximum absolute atomic E-state index is 11.9. The summed E-state index contributed by atoms with van der Waals surface area (Å²) in [7, 11) is 1.43. The molecule has 0 spiro atoms. The molecule has 27 heavy (non-hydrogen) atoms. The van der Waals surface area contributed by atoms with E-state index in [0.717, 1.165) is 19.3 Å². The molecule has 1 heterocycles. The van der Waals surface area contributed by atoms with Gasteiger partial charge in [-0.1, -0.05) is 6.42 Å². The Balaban J connectivity index is 2.30. The Labute approximate surface area is 157 Å². The Kier molecular flexibility index (Phi) is 9.81. The molecule has 0 aliphatic carbocycles. The monoisotopic (exact) mass is 381 g/mol. The summed E-state index contributed by atoms with van der Waals surface area (Å²) in [5, 5.41) is 12.2. The van der Waals surface area contributed by atoms with Crippen molar-refractivity contribution in [1.82, 2.24) is 9.88 Å². The molecule has 1 amide bonds. The van der Waals surface area contributed by atoms with Crippen LogP contribution >= 0.6 is 0 Å². The van der Waals surface area contributed by atoms with E-state index in [-0.39, 0.29) is 37.5 Å². The number of nitrogens with one attached hydrogen (secondary N) is 1. The number of carbonyl (C=O) groups excluding carboxylic acids is 3. The standard InChI is InChI=1S/C18H27N3O6/c1-20-18(26)16-17(25)14(23)8-10-21(16)9-4-2-3-5-11-27-15(24)7-6-13(22)12-19/h8,10,25H,2-7,9,11-12,19H2,1H3,(H,20,26). The summed E-state index contributed by atoms with van der Waals surface area (Å²) >= 11 is 0. The van der Waals surface area contributed by atoms with Crippen LogP contribution in [0.25, 0.3) is 0 Å². The van der Waals surface area contributed by atoms with Crippen molar-refractivity contribution in [1.29, 1.82) is 0 Å². The van der Waals surface area contributed by atoms with Crippen LogP contribution in [0.3, 0.4) is 0 Å². The molecule has 1 aromatic heterocycles. The van der Waals surface area contributed by atoms with Gasteiger partial charge in [0, 0.05) is 32.3 Å². The predicted molar refractivity (Wildman–Crippen MR) is 98.5 cm³/mol. The van der Waals surface area contributed by atoms with E-state index in [1.165, 1.54) is 19.3 Å². The third-order valence-corrected chi connectivity index (χ3v) is 3.98. The number of aryl methyl sites for hydroxylation is 1. The number of aromatic hydroxyl groups is 1. The fourth-order valence-corrected chi connectivity index (χ4v) is 2.45. The number of nitrogens with zero attached hydrogens (tertiary/aromatic N) is 1. The van der Waals surface area contributed by atoms with Gasteiger partial charge >= 0.3 is 5.97 Å². The van der Waals surface area contributed by atoms with Gasteiger partial charge in [0.05, 0.1) is 19.6 Å². The first kappa shape index (κ1) is 22.4. The van der Waals surface area contributed by atoms with Crippen LogP contribution in [0.1, 0.15) is 49.0 Å². The van der Waals surface area contributed by atoms with Gasteiger partial charge in [-0.15, -0.1) is 0 Å². The SMILES string of the molecule is CNC(=O)c1c(O)c(=O)ccn1CCCCCCOC(=O)CCC(=O)CN. The number of hydrogen-bond donors (Lipinski definition) is 3. The van der Waals surface area contributed by atoms with Gasteiger partial charge < -0.3 is 25.5 Å². The van der Waals surface area contributed by atoms with Crippen molar-refractivity contribution >= 4 is 17.7 Å². The summed E-state index contributed by atoms with van der Waals surface area (Å²) in [6.45, 7) is 0.692. The summed E-state index contributed by atoms with van der Waals surface area (Å²) in [4.78, 5) is 45.8. The molecule has 0 saturated heterocycles. The highest BCUT2D eigenvalue weighted by Crippen LogP contribution is 2.13. The van der Waals surface area contributed by atoms with Gasteiger partial charge in [-0.2, -0.15) is 0 Å². The van der Waals surface area contributed by atoms with Gasteiger partial charge in [0.1, 0.15) is 5.78 Å². The van der Waals surface area contributed by atoms with E-state index in [1.54, 1.807) is 4.57 Å². The molecule has 0 bridgehead atoms. The Morgan fingerprint density at radius 1 is 1.19 bits per heavy atom. The van der Waals surface area contributed by atoms with Crippen molar-refractivity contribution in [2.24, 2.45) is 5.73 Å². The summed E-state index contributed by atoms with van der Waals surface area (Å²) in [5.41, 5.74) is 4.52. The highest BCUT2D eigenvalue weighted by atomic mass is 16.5. The summed E-state index contributed by atoms with van der Waals surface area (Å²) in [6, 6.07) is 1.22. The lowest BCUT2D eigenvalue weighted by molar-refractivity contribution is -0.144. The molecule has 9 nitrogen and oxygen atoms in total. The molecule has 0 unspecified atom stereocenters. The molecule has 1 rings (SSSR count). The Morgan fingerprint density at radius 2 is 1.89 bits per heavy atom. The number of nitrogens with two attached hydrogens (primary N) is 1. The first-order valence-corrected chi connectivity index (χ1v) is 8.92. The van der Waals surface area contributed by atoms with Crippen LogP contribution in [0.15, 0.2) is 17.1 Å². The molecule has 0 aromatic carbocycles. The number of unbranched alkanes of at least 4 members (excludes halogenated alkanes) is 3. The second-order valence-electron chi connectivity index (χ2n) is 6.03. The average molecular weight is 381 g/mol. The molecule has 1 aromatic rings. The van der Waals surface area contributed by atoms with Crippen molar-refractivity contribution in [3.63, 3.8) is 0 Å². The molecule has 0 atom stereocenters. The fourth-order valence-electron chi connectivity index (χ4n) is 2.45. The van der Waals surface area contributed by atoms with Gasteiger partial charge in [-0.3, -0.25) is 19.2 Å². The van der Waals surface area contributed by atoms with Crippen molar-refractivity contribution in [2.75, 3.05) is 20.2 Å². The maximum Gasteiger partial charge on any atom is 0.306 e. The van der Waals surface area contributed by atoms with E-state index in [9.17, 15) is 24.3 Å². The Bertz CT molecular complexity index is 714. The smallest absolute Gasteiger partial charge is 0.306 e. The number of carbonyl (C=O) groups is 3. The summed E-state index contributed by atoms with van der Waals surface area (Å²) in [6.07, 6.45) is 4.69. The average Bonchev–Trinajstić information content (AvgIpc) is 2.67. The molecule has 0 fully saturated rings. The van der Waals surface area contributed by atoms with Gasteiger partial charge in [0.2, 0.25) is 5.43 Å². The zero-order valence-corrected chi connectivity index (χ0v) is 15.5. The minimum absolute atomic E-state index is 0.0497. The zero-order chi connectivity index (χ0) is 20.2. The quantitative estimate of drug-likeness (QED) is 0.350. The van der Waals surface area contributed by atoms with E-state index in [1.807, 2.05) is 0 Å². The van der Waals surface area contributed by atoms with Gasteiger partial charge in [-0.05, 0) is 19.3 Å². The second kappa shape index (κ2) is 11.8. The Hall–Kier alpha value is -2.68. The van der Waals surface area contributed by atoms with Gasteiger partial charge in [-0.25, -0.2) is 0 Å². The molecule has 0 radical (unpaired) electrons. The van der Waals surface area contributed by atoms with Gasteiger partial charge in [0.15, 0.2) is 11.4 Å². The predicted octanol–water partition coefficient (Wildman–Crippen LogP) is 0.325. The number of pyridine rings is 1. The number of esters is 1. The largest absolute Gasteiger partial charge is 0.503 e. The fraction of sp³-hybridized carbons (Fsp3) is 0.556. The van der Waals surface area contributed by atoms with Crippen molar-refractivity contribution in [2.45, 2.75) is 45.1 Å². The number of ether oxygens (including phenoxy) is 1. The summed E-state index contributed by atoms with van der Waals surface area (Å²) < 4.78 is 6.58. The molecule has 0 aliphatic heterocycles. The normalized spacial score (nSPS) is 10.4. The minimum Gasteiger partial charge on any atom is -0.503 e. The third-order valence-electron chi connectivity index (χ3n) is 3.98. The van der Waals surface area contributed by atoms with Crippen LogP contribution < -0.4 is 16.5 Å². The topological polar surface area (TPSA) is 141 Å². The second-order valence-corrected chi connectivity index (χ2v) is 6.03. The first-order valence-electron chi connectivity index (χ1n) is 8.92. The number of hydrogen-bond acceptors (Lipinski definition) is 7. The lowest BCUT2D eigenvalue weighted by Crippen LogP contribution is -2.25. The lowest BCUT2D eigenvalue weighted by atomic mass is 10.2. The van der Waals surface area contributed by atoms with E-state index in [4.69, 9.17) is 10.5 Å². The van der Waals surface area contributed by atoms with Crippen LogP contribution in [-0.2, 0) is 20.9 Å². The molecule has 0 aliphatic rings. The number of Topliss-reactive ketones (excluding diaryl/α,β-unsaturated/α-hetero) is 1. The van der Waals surface area contributed by atoms with Gasteiger partial charge in [0.25, 0.3) is 5.91 Å². The number of amides is 1. The maximum atomic E-state index is 11.9. The van der Waals surface area contributed by atoms with Crippen LogP contribution in [0.2, 0.25) is 0 Å². The van der Waals surface area contributed by atoms with E-state index in [2.05, 4.69) is 5.32 Å². The third kappa shape index (κ3) is 7.61. The summed E-state index contributed by atoms with van der Waals surface area (Å²) in [5.74, 6) is -1.66. The van der Waals surface area contributed by atoms with Crippen LogP contribution in [0.5, 0.6) is 5.75 Å². The molecule has 0 saturated carbocycles. The first-order chi connectivity index (χ1) is 12.9. The molecule has 9 heteroatoms. The number of ketones is 1. The van der Waals surface area contributed by atoms with Crippen molar-refractivity contribution < 1.29 is 24.2 Å². The van der Waals surface area contributed by atoms with E-state index >= 15 is 0 Å². The minimum atomic E-state index is -0.597. The van der Waals surface area contributed by atoms with E-state index < -0.39 is 23.1 Å². The molecular weight excluding hydrogens is 354 g/mol. The van der Waals surface area contributed by atoms with Crippen LogP contribution in [0.4, 0.5) is 0 Å². The van der Waals surface area contributed by atoms with Crippen molar-refractivity contribution in [3.8, 4) is 5.75 Å².